The fraction of sp³-hybridized carbons (Fsp3) is 0.333. The average Bonchev–Trinajstić information content (AvgIpc) is 3.05. The quantitative estimate of drug-likeness (QED) is 0.500. The minimum Gasteiger partial charge on any atom is -0.493 e. The van der Waals surface area contributed by atoms with E-state index in [-0.39, 0.29) is 12.7 Å². The molecule has 2 aromatic rings. The van der Waals surface area contributed by atoms with Crippen molar-refractivity contribution < 1.29 is 33.0 Å². The molecule has 7 heteroatoms. The number of furan rings is 1. The van der Waals surface area contributed by atoms with Crippen LogP contribution in [0.1, 0.15) is 41.3 Å². The Labute approximate surface area is 163 Å². The normalized spacial score (nSPS) is 10.9. The van der Waals surface area contributed by atoms with E-state index in [2.05, 4.69) is 4.74 Å². The van der Waals surface area contributed by atoms with Gasteiger partial charge in [-0.15, -0.1) is 0 Å². The van der Waals surface area contributed by atoms with Crippen LogP contribution < -0.4 is 9.47 Å². The zero-order valence-electron chi connectivity index (χ0n) is 16.6. The summed E-state index contributed by atoms with van der Waals surface area (Å²) in [5.41, 5.74) is 1.06. The molecule has 0 saturated heterocycles. The van der Waals surface area contributed by atoms with Crippen LogP contribution in [0.3, 0.4) is 0 Å². The van der Waals surface area contributed by atoms with Crippen molar-refractivity contribution in [2.75, 3.05) is 14.2 Å². The molecule has 0 aliphatic heterocycles. The first-order valence-corrected chi connectivity index (χ1v) is 8.71. The highest BCUT2D eigenvalue weighted by Gasteiger charge is 2.16. The molecular weight excluding hydrogens is 364 g/mol. The molecular formula is C21H24O7. The summed E-state index contributed by atoms with van der Waals surface area (Å²) in [5, 5.41) is 0. The van der Waals surface area contributed by atoms with Gasteiger partial charge >= 0.3 is 11.9 Å². The van der Waals surface area contributed by atoms with Gasteiger partial charge < -0.3 is 23.4 Å². The van der Waals surface area contributed by atoms with Crippen molar-refractivity contribution in [3.05, 3.63) is 53.0 Å². The first-order chi connectivity index (χ1) is 13.3. The summed E-state index contributed by atoms with van der Waals surface area (Å²) in [4.78, 5) is 23.5. The van der Waals surface area contributed by atoms with E-state index in [1.54, 1.807) is 32.2 Å². The third-order valence-electron chi connectivity index (χ3n) is 3.69. The highest BCUT2D eigenvalue weighted by molar-refractivity contribution is 5.90. The number of hydrogen-bond acceptors (Lipinski definition) is 7. The number of hydrogen-bond donors (Lipinski definition) is 0. The van der Waals surface area contributed by atoms with Crippen LogP contribution in [0, 0.1) is 6.92 Å². The van der Waals surface area contributed by atoms with Gasteiger partial charge in [0.05, 0.1) is 20.3 Å². The molecule has 0 fully saturated rings. The molecule has 0 radical (unpaired) electrons. The Balaban J connectivity index is 1.97. The standard InChI is InChI=1S/C21H24O7/c1-13(2)27-18-8-6-15(10-19(18)24-4)7-9-20(22)26-12-16-11-17(14(3)28-16)21(23)25-5/h6-11,13H,12H2,1-5H3/b9-7+. The molecule has 0 N–H and O–H groups in total. The number of benzene rings is 1. The van der Waals surface area contributed by atoms with E-state index in [9.17, 15) is 9.59 Å². The molecule has 1 aromatic carbocycles. The molecule has 2 rings (SSSR count). The van der Waals surface area contributed by atoms with E-state index in [1.165, 1.54) is 19.3 Å². The molecule has 0 spiro atoms. The van der Waals surface area contributed by atoms with Gasteiger partial charge in [0.2, 0.25) is 0 Å². The number of carbonyl (C=O) groups is 2. The van der Waals surface area contributed by atoms with Gasteiger partial charge in [0, 0.05) is 6.08 Å². The van der Waals surface area contributed by atoms with Crippen LogP contribution in [0.15, 0.2) is 34.8 Å². The van der Waals surface area contributed by atoms with Gasteiger partial charge in [-0.25, -0.2) is 9.59 Å². The van der Waals surface area contributed by atoms with Crippen molar-refractivity contribution >= 4 is 18.0 Å². The van der Waals surface area contributed by atoms with E-state index >= 15 is 0 Å². The molecule has 0 bridgehead atoms. The molecule has 28 heavy (non-hydrogen) atoms. The van der Waals surface area contributed by atoms with E-state index < -0.39 is 11.9 Å². The van der Waals surface area contributed by atoms with Crippen molar-refractivity contribution in [3.63, 3.8) is 0 Å². The molecule has 0 saturated carbocycles. The van der Waals surface area contributed by atoms with Crippen LogP contribution in [-0.4, -0.2) is 32.3 Å². The molecule has 0 atom stereocenters. The zero-order chi connectivity index (χ0) is 20.7. The van der Waals surface area contributed by atoms with Gasteiger partial charge in [0.25, 0.3) is 0 Å². The second-order valence-corrected chi connectivity index (χ2v) is 6.19. The second kappa shape index (κ2) is 9.64. The number of ether oxygens (including phenoxy) is 4. The third-order valence-corrected chi connectivity index (χ3v) is 3.69. The molecule has 1 aromatic heterocycles. The Kier molecular flexibility index (Phi) is 7.26. The number of rotatable bonds is 8. The SMILES string of the molecule is COC(=O)c1cc(COC(=O)/C=C/c2ccc(OC(C)C)c(OC)c2)oc1C. The molecule has 0 amide bonds. The number of aryl methyl sites for hydroxylation is 1. The lowest BCUT2D eigenvalue weighted by atomic mass is 10.2. The lowest BCUT2D eigenvalue weighted by Crippen LogP contribution is -2.06. The Morgan fingerprint density at radius 3 is 2.54 bits per heavy atom. The minimum absolute atomic E-state index is 0.0233. The Morgan fingerprint density at radius 1 is 1.14 bits per heavy atom. The van der Waals surface area contributed by atoms with Crippen molar-refractivity contribution in [2.45, 2.75) is 33.5 Å². The van der Waals surface area contributed by atoms with E-state index in [0.29, 0.717) is 28.6 Å². The van der Waals surface area contributed by atoms with Crippen LogP contribution in [-0.2, 0) is 20.9 Å². The monoisotopic (exact) mass is 388 g/mol. The van der Waals surface area contributed by atoms with Gasteiger partial charge in [0.15, 0.2) is 11.5 Å². The highest BCUT2D eigenvalue weighted by Crippen LogP contribution is 2.29. The Hall–Kier alpha value is -3.22. The topological polar surface area (TPSA) is 84.2 Å². The lowest BCUT2D eigenvalue weighted by molar-refractivity contribution is -0.139. The summed E-state index contributed by atoms with van der Waals surface area (Å²) in [7, 11) is 2.84. The largest absolute Gasteiger partial charge is 0.493 e. The second-order valence-electron chi connectivity index (χ2n) is 6.19. The summed E-state index contributed by atoms with van der Waals surface area (Å²) in [6.07, 6.45) is 2.93. The van der Waals surface area contributed by atoms with E-state index in [1.807, 2.05) is 19.9 Å². The molecule has 7 nitrogen and oxygen atoms in total. The van der Waals surface area contributed by atoms with Crippen LogP contribution in [0.25, 0.3) is 6.08 Å². The molecule has 0 aliphatic carbocycles. The Morgan fingerprint density at radius 2 is 1.89 bits per heavy atom. The maximum Gasteiger partial charge on any atom is 0.341 e. The van der Waals surface area contributed by atoms with Crippen LogP contribution >= 0.6 is 0 Å². The predicted molar refractivity (Wildman–Crippen MR) is 102 cm³/mol. The molecule has 150 valence electrons. The van der Waals surface area contributed by atoms with Crippen LogP contribution in [0.2, 0.25) is 0 Å². The first-order valence-electron chi connectivity index (χ1n) is 8.71. The van der Waals surface area contributed by atoms with Crippen molar-refractivity contribution in [2.24, 2.45) is 0 Å². The van der Waals surface area contributed by atoms with Gasteiger partial charge in [-0.1, -0.05) is 6.07 Å². The van der Waals surface area contributed by atoms with Crippen LogP contribution in [0.5, 0.6) is 11.5 Å². The smallest absolute Gasteiger partial charge is 0.341 e. The summed E-state index contributed by atoms with van der Waals surface area (Å²) in [5.74, 6) is 0.922. The molecule has 0 aliphatic rings. The summed E-state index contributed by atoms with van der Waals surface area (Å²) < 4.78 is 26.2. The zero-order valence-corrected chi connectivity index (χ0v) is 16.6. The van der Waals surface area contributed by atoms with Gasteiger partial charge in [-0.3, -0.25) is 0 Å². The fourth-order valence-corrected chi connectivity index (χ4v) is 2.42. The van der Waals surface area contributed by atoms with Crippen molar-refractivity contribution in [1.29, 1.82) is 0 Å². The fourth-order valence-electron chi connectivity index (χ4n) is 2.42. The first kappa shape index (κ1) is 21.1. The lowest BCUT2D eigenvalue weighted by Gasteiger charge is -2.13. The van der Waals surface area contributed by atoms with E-state index in [0.717, 1.165) is 5.56 Å². The Bertz CT molecular complexity index is 862. The number of esters is 2. The maximum atomic E-state index is 11.9. The third kappa shape index (κ3) is 5.64. The maximum absolute atomic E-state index is 11.9. The van der Waals surface area contributed by atoms with Crippen molar-refractivity contribution in [1.82, 2.24) is 0 Å². The summed E-state index contributed by atoms with van der Waals surface area (Å²) in [6.45, 7) is 5.40. The van der Waals surface area contributed by atoms with Gasteiger partial charge in [-0.05, 0) is 50.6 Å². The average molecular weight is 388 g/mol. The van der Waals surface area contributed by atoms with E-state index in [4.69, 9.17) is 18.6 Å². The minimum atomic E-state index is -0.546. The number of methoxy groups -OCH3 is 2. The number of carbonyl (C=O) groups excluding carboxylic acids is 2. The van der Waals surface area contributed by atoms with Crippen molar-refractivity contribution in [3.8, 4) is 11.5 Å². The predicted octanol–water partition coefficient (Wildman–Crippen LogP) is 3.93. The van der Waals surface area contributed by atoms with Crippen LogP contribution in [0.4, 0.5) is 0 Å². The van der Waals surface area contributed by atoms with Gasteiger partial charge in [-0.2, -0.15) is 0 Å². The molecule has 0 unspecified atom stereocenters. The summed E-state index contributed by atoms with van der Waals surface area (Å²) in [6, 6.07) is 6.85. The van der Waals surface area contributed by atoms with Gasteiger partial charge in [0.1, 0.15) is 23.7 Å². The highest BCUT2D eigenvalue weighted by atomic mass is 16.5. The summed E-state index contributed by atoms with van der Waals surface area (Å²) >= 11 is 0. The molecule has 1 heterocycles.